The van der Waals surface area contributed by atoms with E-state index in [1.807, 2.05) is 0 Å². The fourth-order valence-corrected chi connectivity index (χ4v) is 2.63. The lowest BCUT2D eigenvalue weighted by Crippen LogP contribution is -2.19. The van der Waals surface area contributed by atoms with Gasteiger partial charge in [-0.15, -0.1) is 0 Å². The number of ether oxygens (including phenoxy) is 1. The highest BCUT2D eigenvalue weighted by atomic mass is 19.2. The van der Waals surface area contributed by atoms with Crippen molar-refractivity contribution < 1.29 is 27.5 Å². The van der Waals surface area contributed by atoms with Gasteiger partial charge in [0.15, 0.2) is 11.6 Å². The van der Waals surface area contributed by atoms with Crippen LogP contribution in [0.25, 0.3) is 0 Å². The summed E-state index contributed by atoms with van der Waals surface area (Å²) in [5.74, 6) is -6.34. The van der Waals surface area contributed by atoms with E-state index in [0.717, 1.165) is 11.8 Å². The van der Waals surface area contributed by atoms with Crippen molar-refractivity contribution in [2.75, 3.05) is 11.9 Å². The normalized spacial score (nSPS) is 11.3. The zero-order valence-electron chi connectivity index (χ0n) is 16.3. The second kappa shape index (κ2) is 9.70. The zero-order chi connectivity index (χ0) is 22.4. The average molecular weight is 430 g/mol. The number of carbonyl (C=O) groups is 2. The summed E-state index contributed by atoms with van der Waals surface area (Å²) in [6, 6.07) is 7.60. The molecule has 31 heavy (non-hydrogen) atoms. The zero-order valence-corrected chi connectivity index (χ0v) is 16.3. The molecule has 0 saturated carbocycles. The Morgan fingerprint density at radius 2 is 1.81 bits per heavy atom. The number of Topliss-reactive ketones (excluding diaryl/α,β-unsaturated/α-hetero) is 1. The Labute approximate surface area is 175 Å². The molecule has 0 aliphatic carbocycles. The topological polar surface area (TPSA) is 86.1 Å². The molecule has 0 saturated heterocycles. The molecule has 0 atom stereocenters. The first-order chi connectivity index (χ1) is 14.9. The highest BCUT2D eigenvalue weighted by Crippen LogP contribution is 2.19. The molecule has 3 rings (SSSR count). The molecule has 1 heterocycles. The molecule has 7 nitrogen and oxygen atoms in total. The quantitative estimate of drug-likeness (QED) is 0.147. The first kappa shape index (κ1) is 21.8. The maximum absolute atomic E-state index is 14.0. The minimum atomic E-state index is -1.44. The summed E-state index contributed by atoms with van der Waals surface area (Å²) >= 11 is 0. The van der Waals surface area contributed by atoms with Gasteiger partial charge in [0.1, 0.15) is 24.0 Å². The molecule has 0 fully saturated rings. The van der Waals surface area contributed by atoms with E-state index in [2.05, 4.69) is 15.4 Å². The Bertz CT molecular complexity index is 1110. The molecular formula is C21H17F3N4O3. The molecular weight excluding hydrogens is 413 g/mol. The highest BCUT2D eigenvalue weighted by molar-refractivity contribution is 6.24. The number of carbonyl (C=O) groups excluding carboxylic acids is 2. The van der Waals surface area contributed by atoms with Crippen LogP contribution in [0.4, 0.5) is 18.9 Å². The molecule has 1 N–H and O–H groups in total. The van der Waals surface area contributed by atoms with Crippen LogP contribution < -0.4 is 5.32 Å². The predicted molar refractivity (Wildman–Crippen MR) is 105 cm³/mol. The molecule has 160 valence electrons. The van der Waals surface area contributed by atoms with Crippen molar-refractivity contribution in [2.45, 2.75) is 13.5 Å². The summed E-state index contributed by atoms with van der Waals surface area (Å²) in [6.07, 6.45) is 4.03. The van der Waals surface area contributed by atoms with Crippen molar-refractivity contribution in [2.24, 2.45) is 0 Å². The van der Waals surface area contributed by atoms with Crippen LogP contribution in [0.5, 0.6) is 0 Å². The summed E-state index contributed by atoms with van der Waals surface area (Å²) in [5, 5.41) is 6.77. The number of ketones is 1. The van der Waals surface area contributed by atoms with Crippen molar-refractivity contribution in [1.82, 2.24) is 14.8 Å². The number of nitrogens with zero attached hydrogens (tertiary/aromatic N) is 3. The minimum Gasteiger partial charge on any atom is -0.462 e. The first-order valence-electron chi connectivity index (χ1n) is 9.13. The minimum absolute atomic E-state index is 0.0410. The molecule has 0 aliphatic heterocycles. The lowest BCUT2D eigenvalue weighted by Gasteiger charge is -2.09. The molecule has 10 heteroatoms. The maximum atomic E-state index is 14.0. The molecule has 2 aromatic carbocycles. The monoisotopic (exact) mass is 430 g/mol. The molecule has 0 unspecified atom stereocenters. The smallest absolute Gasteiger partial charge is 0.343 e. The molecule has 1 aromatic heterocycles. The molecule has 0 bridgehead atoms. The van der Waals surface area contributed by atoms with E-state index < -0.39 is 40.3 Å². The van der Waals surface area contributed by atoms with E-state index in [1.54, 1.807) is 35.3 Å². The van der Waals surface area contributed by atoms with Gasteiger partial charge in [0, 0.05) is 18.0 Å². The number of halogens is 3. The van der Waals surface area contributed by atoms with Gasteiger partial charge in [-0.25, -0.2) is 27.6 Å². The maximum Gasteiger partial charge on any atom is 0.343 e. The van der Waals surface area contributed by atoms with Gasteiger partial charge in [0.25, 0.3) is 0 Å². The van der Waals surface area contributed by atoms with Gasteiger partial charge < -0.3 is 10.1 Å². The number of aromatic nitrogens is 3. The van der Waals surface area contributed by atoms with E-state index in [-0.39, 0.29) is 12.7 Å². The number of rotatable bonds is 8. The molecule has 3 aromatic rings. The Morgan fingerprint density at radius 3 is 2.45 bits per heavy atom. The van der Waals surface area contributed by atoms with Gasteiger partial charge in [-0.2, -0.15) is 5.10 Å². The number of anilines is 1. The van der Waals surface area contributed by atoms with Crippen LogP contribution in [0.2, 0.25) is 0 Å². The average Bonchev–Trinajstić information content (AvgIpc) is 3.25. The third-order valence-corrected chi connectivity index (χ3v) is 4.14. The summed E-state index contributed by atoms with van der Waals surface area (Å²) in [4.78, 5) is 28.7. The van der Waals surface area contributed by atoms with Crippen LogP contribution in [0.1, 0.15) is 22.8 Å². The van der Waals surface area contributed by atoms with Crippen LogP contribution >= 0.6 is 0 Å². The van der Waals surface area contributed by atoms with Gasteiger partial charge >= 0.3 is 5.97 Å². The third-order valence-electron chi connectivity index (χ3n) is 4.14. The van der Waals surface area contributed by atoms with Crippen molar-refractivity contribution in [3.05, 3.63) is 89.4 Å². The van der Waals surface area contributed by atoms with Gasteiger partial charge in [0.05, 0.1) is 18.7 Å². The van der Waals surface area contributed by atoms with Crippen LogP contribution in [0.3, 0.4) is 0 Å². The van der Waals surface area contributed by atoms with Crippen LogP contribution in [-0.4, -0.2) is 33.1 Å². The SMILES string of the molecule is CCOC(=O)C(=CNc1ccc(Cn2cncn2)cc1)C(=O)c1cc(F)c(F)cc1F. The first-order valence-corrected chi connectivity index (χ1v) is 9.13. The predicted octanol–water partition coefficient (Wildman–Crippen LogP) is 3.49. The lowest BCUT2D eigenvalue weighted by atomic mass is 10.0. The fraction of sp³-hybridized carbons (Fsp3) is 0.143. The van der Waals surface area contributed by atoms with Crippen molar-refractivity contribution in [1.29, 1.82) is 0 Å². The van der Waals surface area contributed by atoms with E-state index >= 15 is 0 Å². The molecule has 0 amide bonds. The lowest BCUT2D eigenvalue weighted by molar-refractivity contribution is -0.138. The van der Waals surface area contributed by atoms with Crippen molar-refractivity contribution in [3.8, 4) is 0 Å². The third kappa shape index (κ3) is 5.35. The van der Waals surface area contributed by atoms with Crippen LogP contribution in [0, 0.1) is 17.5 Å². The number of hydrogen-bond donors (Lipinski definition) is 1. The van der Waals surface area contributed by atoms with Crippen LogP contribution in [-0.2, 0) is 16.1 Å². The van der Waals surface area contributed by atoms with Crippen molar-refractivity contribution in [3.63, 3.8) is 0 Å². The second-order valence-corrected chi connectivity index (χ2v) is 6.29. The highest BCUT2D eigenvalue weighted by Gasteiger charge is 2.25. The van der Waals surface area contributed by atoms with Gasteiger partial charge in [-0.1, -0.05) is 12.1 Å². The Hall–Kier alpha value is -3.95. The second-order valence-electron chi connectivity index (χ2n) is 6.29. The summed E-state index contributed by atoms with van der Waals surface area (Å²) < 4.78 is 47.2. The number of benzene rings is 2. The summed E-state index contributed by atoms with van der Waals surface area (Å²) in [6.45, 7) is 1.98. The van der Waals surface area contributed by atoms with Gasteiger partial charge in [-0.3, -0.25) is 4.79 Å². The number of nitrogens with one attached hydrogen (secondary N) is 1. The molecule has 0 aliphatic rings. The van der Waals surface area contributed by atoms with Crippen LogP contribution in [0.15, 0.2) is 60.8 Å². The van der Waals surface area contributed by atoms with E-state index in [0.29, 0.717) is 18.3 Å². The van der Waals surface area contributed by atoms with E-state index in [1.165, 1.54) is 13.3 Å². The largest absolute Gasteiger partial charge is 0.462 e. The van der Waals surface area contributed by atoms with E-state index in [4.69, 9.17) is 4.74 Å². The van der Waals surface area contributed by atoms with Gasteiger partial charge in [-0.05, 0) is 30.7 Å². The standard InChI is InChI=1S/C21H17F3N4O3/c1-2-31-21(30)16(20(29)15-7-18(23)19(24)8-17(15)22)9-26-14-5-3-13(4-6-14)10-28-12-25-11-27-28/h3-9,11-12,26H,2,10H2,1H3. The molecule has 0 spiro atoms. The summed E-state index contributed by atoms with van der Waals surface area (Å²) in [5.41, 5.74) is 0.0786. The van der Waals surface area contributed by atoms with Crippen molar-refractivity contribution >= 4 is 17.4 Å². The van der Waals surface area contributed by atoms with E-state index in [9.17, 15) is 22.8 Å². The Morgan fingerprint density at radius 1 is 1.10 bits per heavy atom. The molecule has 0 radical (unpaired) electrons. The summed E-state index contributed by atoms with van der Waals surface area (Å²) in [7, 11) is 0. The number of esters is 1. The fourth-order valence-electron chi connectivity index (χ4n) is 2.63. The van der Waals surface area contributed by atoms with Gasteiger partial charge in [0.2, 0.25) is 5.78 Å². The Kier molecular flexibility index (Phi) is 6.81. The number of hydrogen-bond acceptors (Lipinski definition) is 6. The Balaban J connectivity index is 1.82.